The molecule has 0 radical (unpaired) electrons. The highest BCUT2D eigenvalue weighted by molar-refractivity contribution is 6.70. The van der Waals surface area contributed by atoms with Crippen molar-refractivity contribution in [2.45, 2.75) is 32.5 Å². The molecule has 0 unspecified atom stereocenters. The van der Waals surface area contributed by atoms with Crippen LogP contribution in [0.3, 0.4) is 0 Å². The first-order valence-corrected chi connectivity index (χ1v) is 8.26. The number of benzene rings is 1. The zero-order chi connectivity index (χ0) is 9.47. The van der Waals surface area contributed by atoms with Crippen LogP contribution in [0, 0.1) is 0 Å². The predicted molar refractivity (Wildman–Crippen MR) is 57.8 cm³/mol. The first-order chi connectivity index (χ1) is 6.04. The van der Waals surface area contributed by atoms with Gasteiger partial charge >= 0.3 is 0 Å². The van der Waals surface area contributed by atoms with Crippen molar-refractivity contribution >= 4 is 8.32 Å². The van der Waals surface area contributed by atoms with Gasteiger partial charge in [0.2, 0.25) is 8.32 Å². The topological polar surface area (TPSA) is 9.23 Å². The average Bonchev–Trinajstić information content (AvgIpc) is 1.92. The summed E-state index contributed by atoms with van der Waals surface area (Å²) in [7, 11) is -1.41. The van der Waals surface area contributed by atoms with E-state index in [-0.39, 0.29) is 0 Å². The van der Waals surface area contributed by atoms with Gasteiger partial charge in [-0.1, -0.05) is 6.07 Å². The van der Waals surface area contributed by atoms with Crippen LogP contribution < -0.4 is 4.43 Å². The Morgan fingerprint density at radius 1 is 1.08 bits per heavy atom. The molecule has 0 bridgehead atoms. The summed E-state index contributed by atoms with van der Waals surface area (Å²) in [6.07, 6.45) is 2.49. The van der Waals surface area contributed by atoms with Crippen molar-refractivity contribution in [2.75, 3.05) is 0 Å². The van der Waals surface area contributed by atoms with E-state index in [1.807, 2.05) is 0 Å². The maximum atomic E-state index is 5.91. The number of rotatable bonds is 2. The molecule has 1 aromatic rings. The molecule has 70 valence electrons. The summed E-state index contributed by atoms with van der Waals surface area (Å²) in [5, 5.41) is 0. The SMILES string of the molecule is C[Si](C)(C)Oc1ccc2c(c1)CC2. The van der Waals surface area contributed by atoms with Gasteiger partial charge in [0, 0.05) is 0 Å². The molecule has 0 amide bonds. The van der Waals surface area contributed by atoms with Crippen LogP contribution >= 0.6 is 0 Å². The lowest BCUT2D eigenvalue weighted by Gasteiger charge is -2.23. The van der Waals surface area contributed by atoms with Crippen LogP contribution in [0.15, 0.2) is 18.2 Å². The molecule has 2 heteroatoms. The van der Waals surface area contributed by atoms with Gasteiger partial charge in [-0.05, 0) is 55.7 Å². The molecule has 13 heavy (non-hydrogen) atoms. The van der Waals surface area contributed by atoms with E-state index in [0.29, 0.717) is 0 Å². The highest BCUT2D eigenvalue weighted by Crippen LogP contribution is 2.28. The number of fused-ring (bicyclic) bond motifs is 1. The van der Waals surface area contributed by atoms with Gasteiger partial charge in [-0.15, -0.1) is 0 Å². The van der Waals surface area contributed by atoms with Gasteiger partial charge in [0.25, 0.3) is 0 Å². The van der Waals surface area contributed by atoms with Gasteiger partial charge in [-0.25, -0.2) is 0 Å². The van der Waals surface area contributed by atoms with Gasteiger partial charge in [-0.2, -0.15) is 0 Å². The molecular formula is C11H16OSi. The third kappa shape index (κ3) is 1.94. The van der Waals surface area contributed by atoms with Crippen LogP contribution in [0.5, 0.6) is 5.75 Å². The zero-order valence-corrected chi connectivity index (χ0v) is 9.55. The maximum absolute atomic E-state index is 5.91. The lowest BCUT2D eigenvalue weighted by atomic mass is 9.89. The Hall–Kier alpha value is -0.763. The van der Waals surface area contributed by atoms with Crippen molar-refractivity contribution in [1.82, 2.24) is 0 Å². The Bertz CT molecular complexity index is 325. The van der Waals surface area contributed by atoms with Crippen molar-refractivity contribution in [3.05, 3.63) is 29.3 Å². The second-order valence-electron chi connectivity index (χ2n) is 4.64. The predicted octanol–water partition coefficient (Wildman–Crippen LogP) is 3.00. The highest BCUT2D eigenvalue weighted by atomic mass is 28.4. The molecule has 1 nitrogen and oxygen atoms in total. The average molecular weight is 192 g/mol. The summed E-state index contributed by atoms with van der Waals surface area (Å²) in [5.41, 5.74) is 2.98. The van der Waals surface area contributed by atoms with Gasteiger partial charge in [0.05, 0.1) is 0 Å². The third-order valence-electron chi connectivity index (χ3n) is 2.27. The lowest BCUT2D eigenvalue weighted by Crippen LogP contribution is -2.29. The molecule has 0 saturated carbocycles. The summed E-state index contributed by atoms with van der Waals surface area (Å²) in [5.74, 6) is 1.07. The van der Waals surface area contributed by atoms with E-state index >= 15 is 0 Å². The second-order valence-corrected chi connectivity index (χ2v) is 9.07. The molecule has 1 aliphatic carbocycles. The van der Waals surface area contributed by atoms with Crippen molar-refractivity contribution in [1.29, 1.82) is 0 Å². The van der Waals surface area contributed by atoms with Crippen molar-refractivity contribution in [3.63, 3.8) is 0 Å². The Balaban J connectivity index is 2.18. The number of hydrogen-bond donors (Lipinski definition) is 0. The third-order valence-corrected chi connectivity index (χ3v) is 3.11. The molecule has 0 fully saturated rings. The molecule has 0 heterocycles. The molecule has 2 rings (SSSR count). The van der Waals surface area contributed by atoms with E-state index in [2.05, 4.69) is 37.8 Å². The van der Waals surface area contributed by atoms with Crippen LogP contribution in [0.25, 0.3) is 0 Å². The summed E-state index contributed by atoms with van der Waals surface area (Å²) in [4.78, 5) is 0. The van der Waals surface area contributed by atoms with E-state index in [1.54, 1.807) is 0 Å². The van der Waals surface area contributed by atoms with Crippen molar-refractivity contribution in [3.8, 4) is 5.75 Å². The molecule has 0 spiro atoms. The highest BCUT2D eigenvalue weighted by Gasteiger charge is 2.18. The van der Waals surface area contributed by atoms with Crippen molar-refractivity contribution < 1.29 is 4.43 Å². The molecule has 0 aliphatic heterocycles. The van der Waals surface area contributed by atoms with Crippen LogP contribution in [-0.2, 0) is 12.8 Å². The smallest absolute Gasteiger partial charge is 0.242 e. The van der Waals surface area contributed by atoms with Crippen LogP contribution in [0.1, 0.15) is 11.1 Å². The Morgan fingerprint density at radius 3 is 2.23 bits per heavy atom. The monoisotopic (exact) mass is 192 g/mol. The molecule has 1 aromatic carbocycles. The Morgan fingerprint density at radius 2 is 1.77 bits per heavy atom. The van der Waals surface area contributed by atoms with Gasteiger partial charge in [-0.3, -0.25) is 0 Å². The van der Waals surface area contributed by atoms with Crippen LogP contribution in [-0.4, -0.2) is 8.32 Å². The van der Waals surface area contributed by atoms with Gasteiger partial charge in [0.15, 0.2) is 0 Å². The maximum Gasteiger partial charge on any atom is 0.242 e. The largest absolute Gasteiger partial charge is 0.544 e. The van der Waals surface area contributed by atoms with Crippen LogP contribution in [0.2, 0.25) is 19.6 Å². The summed E-state index contributed by atoms with van der Waals surface area (Å²) in [6.45, 7) is 6.64. The van der Waals surface area contributed by atoms with E-state index in [9.17, 15) is 0 Å². The fraction of sp³-hybridized carbons (Fsp3) is 0.455. The summed E-state index contributed by atoms with van der Waals surface area (Å²) < 4.78 is 5.91. The van der Waals surface area contributed by atoms with E-state index in [1.165, 1.54) is 24.0 Å². The first kappa shape index (κ1) is 8.82. The zero-order valence-electron chi connectivity index (χ0n) is 8.55. The standard InChI is InChI=1S/C11H16OSi/c1-13(2,3)12-11-7-6-9-4-5-10(9)8-11/h6-8H,4-5H2,1-3H3. The molecule has 0 saturated heterocycles. The number of hydrogen-bond acceptors (Lipinski definition) is 1. The molecule has 0 N–H and O–H groups in total. The molecular weight excluding hydrogens is 176 g/mol. The lowest BCUT2D eigenvalue weighted by molar-refractivity contribution is 0.554. The summed E-state index contributed by atoms with van der Waals surface area (Å²) >= 11 is 0. The first-order valence-electron chi connectivity index (χ1n) is 4.85. The van der Waals surface area contributed by atoms with E-state index in [4.69, 9.17) is 4.43 Å². The minimum absolute atomic E-state index is 1.07. The fourth-order valence-corrected chi connectivity index (χ4v) is 2.42. The van der Waals surface area contributed by atoms with Crippen LogP contribution in [0.4, 0.5) is 0 Å². The molecule has 1 aliphatic rings. The second kappa shape index (κ2) is 2.88. The Kier molecular flexibility index (Phi) is 1.95. The molecule has 0 atom stereocenters. The van der Waals surface area contributed by atoms with Gasteiger partial charge < -0.3 is 4.43 Å². The minimum Gasteiger partial charge on any atom is -0.544 e. The summed E-state index contributed by atoms with van der Waals surface area (Å²) in [6, 6.07) is 6.52. The van der Waals surface area contributed by atoms with E-state index < -0.39 is 8.32 Å². The normalized spacial score (nSPS) is 14.7. The number of aryl methyl sites for hydroxylation is 2. The quantitative estimate of drug-likeness (QED) is 0.655. The molecule has 0 aromatic heterocycles. The Labute approximate surface area is 80.9 Å². The van der Waals surface area contributed by atoms with Gasteiger partial charge in [0.1, 0.15) is 5.75 Å². The fourth-order valence-electron chi connectivity index (χ4n) is 1.59. The minimum atomic E-state index is -1.41. The van der Waals surface area contributed by atoms with Crippen molar-refractivity contribution in [2.24, 2.45) is 0 Å². The van der Waals surface area contributed by atoms with E-state index in [0.717, 1.165) is 5.75 Å².